The maximum atomic E-state index is 13.9. The van der Waals surface area contributed by atoms with E-state index in [1.807, 2.05) is 0 Å². The summed E-state index contributed by atoms with van der Waals surface area (Å²) >= 11 is 2.20. The summed E-state index contributed by atoms with van der Waals surface area (Å²) in [5.41, 5.74) is -0.292. The minimum absolute atomic E-state index is 0.212. The molecule has 0 aromatic heterocycles. The van der Waals surface area contributed by atoms with Gasteiger partial charge in [-0.25, -0.2) is 19.2 Å². The number of rotatable bonds is 27. The van der Waals surface area contributed by atoms with E-state index in [1.54, 1.807) is 12.1 Å². The van der Waals surface area contributed by atoms with E-state index in [-0.39, 0.29) is 70.6 Å². The smallest absolute Gasteiger partial charge is 0.338 e. The zero-order chi connectivity index (χ0) is 52.7. The summed E-state index contributed by atoms with van der Waals surface area (Å²) in [6, 6.07) is 3.26. The molecule has 0 atom stereocenters. The number of carbonyl (C=O) groups excluding carboxylic acids is 6. The Kier molecular flexibility index (Phi) is 24.6. The molecule has 0 bridgehead atoms. The molecule has 5 aliphatic rings. The van der Waals surface area contributed by atoms with Gasteiger partial charge in [-0.15, -0.1) is 0 Å². The van der Waals surface area contributed by atoms with E-state index in [4.69, 9.17) is 44.5 Å². The van der Waals surface area contributed by atoms with Crippen LogP contribution in [0.3, 0.4) is 0 Å². The maximum Gasteiger partial charge on any atom is 0.338 e. The normalized spacial score (nSPS) is 24.4. The second kappa shape index (κ2) is 31.2. The van der Waals surface area contributed by atoms with Gasteiger partial charge in [0.05, 0.1) is 57.9 Å². The van der Waals surface area contributed by atoms with E-state index in [0.29, 0.717) is 59.9 Å². The first-order valence-electron chi connectivity index (χ1n) is 26.9. The van der Waals surface area contributed by atoms with Crippen LogP contribution in [-0.2, 0) is 57.2 Å². The van der Waals surface area contributed by atoms with Crippen LogP contribution < -0.4 is 9.47 Å². The van der Waals surface area contributed by atoms with Gasteiger partial charge in [0.25, 0.3) is 5.70 Å². The van der Waals surface area contributed by atoms with Gasteiger partial charge in [0.15, 0.2) is 0 Å². The predicted octanol–water partition coefficient (Wildman–Crippen LogP) is 11.6. The van der Waals surface area contributed by atoms with Crippen molar-refractivity contribution < 1.29 is 66.7 Å². The maximum absolute atomic E-state index is 13.9. The summed E-state index contributed by atoms with van der Waals surface area (Å²) in [6.07, 6.45) is 24.5. The molecule has 1 heterocycles. The Morgan fingerprint density at radius 1 is 0.486 bits per heavy atom. The lowest BCUT2D eigenvalue weighted by Gasteiger charge is -2.37. The van der Waals surface area contributed by atoms with Crippen molar-refractivity contribution in [3.05, 3.63) is 71.4 Å². The van der Waals surface area contributed by atoms with E-state index < -0.39 is 23.9 Å². The summed E-state index contributed by atoms with van der Waals surface area (Å²) in [5.74, 6) is -0.726. The molecular weight excluding hydrogens is 987 g/mol. The highest BCUT2D eigenvalue weighted by Crippen LogP contribution is 2.59. The molecular formula is C57H75NO14S2. The molecule has 0 N–H and O–H groups in total. The number of esters is 6. The quantitative estimate of drug-likeness (QED) is 0.0202. The van der Waals surface area contributed by atoms with Gasteiger partial charge in [-0.1, -0.05) is 43.3 Å². The molecule has 15 nitrogen and oxygen atoms in total. The number of ether oxygens (including phenoxy) is 8. The predicted molar refractivity (Wildman–Crippen MR) is 279 cm³/mol. The fourth-order valence-corrected chi connectivity index (χ4v) is 13.5. The molecule has 6 rings (SSSR count). The third-order valence-electron chi connectivity index (χ3n) is 15.2. The van der Waals surface area contributed by atoms with Crippen LogP contribution in [-0.4, -0.2) is 87.7 Å². The molecule has 0 unspecified atom stereocenters. The molecule has 404 valence electrons. The molecule has 1 aromatic carbocycles. The molecule has 0 radical (unpaired) electrons. The Morgan fingerprint density at radius 2 is 0.838 bits per heavy atom. The Bertz CT molecular complexity index is 2050. The lowest BCUT2D eigenvalue weighted by atomic mass is 9.70. The van der Waals surface area contributed by atoms with Crippen LogP contribution in [0.4, 0.5) is 0 Å². The summed E-state index contributed by atoms with van der Waals surface area (Å²) in [4.78, 5) is 79.3. The highest BCUT2D eigenvalue weighted by molar-refractivity contribution is 8.24. The van der Waals surface area contributed by atoms with Crippen molar-refractivity contribution in [1.82, 2.24) is 0 Å². The number of nitrogens with zero attached hydrogens (tertiary/aromatic N) is 1. The van der Waals surface area contributed by atoms with E-state index in [1.165, 1.54) is 12.2 Å². The van der Waals surface area contributed by atoms with Crippen LogP contribution in [0.5, 0.6) is 11.5 Å². The number of thioether (sulfide) groups is 2. The molecule has 4 saturated carbocycles. The van der Waals surface area contributed by atoms with Crippen molar-refractivity contribution in [3.8, 4) is 11.5 Å². The average molecular weight is 1060 g/mol. The third kappa shape index (κ3) is 18.2. The van der Waals surface area contributed by atoms with E-state index in [0.717, 1.165) is 171 Å². The van der Waals surface area contributed by atoms with Gasteiger partial charge in [0.2, 0.25) is 0 Å². The van der Waals surface area contributed by atoms with Gasteiger partial charge in [0, 0.05) is 31.4 Å². The second-order valence-electron chi connectivity index (χ2n) is 19.9. The van der Waals surface area contributed by atoms with Crippen molar-refractivity contribution in [2.45, 2.75) is 163 Å². The summed E-state index contributed by atoms with van der Waals surface area (Å²) in [7, 11) is 0. The largest absolute Gasteiger partial charge is 0.467 e. The number of fused-ring (bicyclic) bond motifs is 1. The van der Waals surface area contributed by atoms with Crippen LogP contribution in [0.2, 0.25) is 0 Å². The highest BCUT2D eigenvalue weighted by Gasteiger charge is 2.38. The van der Waals surface area contributed by atoms with Gasteiger partial charge in [-0.3, -0.25) is 14.4 Å². The molecule has 74 heavy (non-hydrogen) atoms. The summed E-state index contributed by atoms with van der Waals surface area (Å²) < 4.78 is 45.3. The van der Waals surface area contributed by atoms with Gasteiger partial charge in [0.1, 0.15) is 24.7 Å². The first-order valence-corrected chi connectivity index (χ1v) is 28.5. The number of carbonyl (C=O) groups is 6. The van der Waals surface area contributed by atoms with Crippen LogP contribution >= 0.6 is 23.5 Å². The van der Waals surface area contributed by atoms with E-state index in [9.17, 15) is 28.8 Å². The van der Waals surface area contributed by atoms with Crippen molar-refractivity contribution >= 4 is 59.3 Å². The Labute approximate surface area is 445 Å². The fraction of sp³-hybridized carbons (Fsp3) is 0.632. The van der Waals surface area contributed by atoms with Crippen molar-refractivity contribution in [3.63, 3.8) is 0 Å². The summed E-state index contributed by atoms with van der Waals surface area (Å²) in [5, 5.41) is 0. The Balaban J connectivity index is 0.988. The Hall–Kier alpha value is -4.89. The standard InChI is InChI=1S/C57H75NO14S2/c1-5-48(59)67-34-12-8-10-32-65-44-26-22-40(23-27-44)38-14-18-42(19-15-38)54(62)71-46-30-31-47(53-52(46)73-57(74-53)51(58-4)56(64)70-37-36-69-50(61)7-3)72-55(63)43-20-16-39(17-21-43)41-24-28-45(29-25-41)66-33-11-9-13-35-68-49(60)6-2/h5-7,30-31,38-45H,1-3,8-29,32-37H2. The van der Waals surface area contributed by atoms with Crippen LogP contribution in [0.15, 0.2) is 69.8 Å². The SMILES string of the molecule is [C-]#[N+]C(C(=O)OCCOC(=O)C=C)=C1Sc2c(OC(=O)C3CCC(C4CCC(OCCCCCOC(=O)C=C)CC4)CC3)ccc(OC(=O)C3CCC(C4CCC(OCCCCCOC(=O)C=C)CC4)CC3)c2S1. The Morgan fingerprint density at radius 3 is 1.22 bits per heavy atom. The average Bonchev–Trinajstić information content (AvgIpc) is 3.88. The minimum Gasteiger partial charge on any atom is -0.467 e. The van der Waals surface area contributed by atoms with Crippen LogP contribution in [0, 0.1) is 42.1 Å². The third-order valence-corrected chi connectivity index (χ3v) is 17.8. The minimum atomic E-state index is -0.903. The van der Waals surface area contributed by atoms with Gasteiger partial charge < -0.3 is 37.9 Å². The molecule has 4 fully saturated rings. The first-order chi connectivity index (χ1) is 36.0. The zero-order valence-electron chi connectivity index (χ0n) is 42.9. The van der Waals surface area contributed by atoms with Gasteiger partial charge in [-0.2, -0.15) is 0 Å². The van der Waals surface area contributed by atoms with Crippen molar-refractivity contribution in [2.24, 2.45) is 35.5 Å². The monoisotopic (exact) mass is 1060 g/mol. The lowest BCUT2D eigenvalue weighted by molar-refractivity contribution is -0.146. The number of hydrogen-bond donors (Lipinski definition) is 0. The molecule has 1 aliphatic heterocycles. The van der Waals surface area contributed by atoms with E-state index >= 15 is 0 Å². The van der Waals surface area contributed by atoms with E-state index in [2.05, 4.69) is 24.6 Å². The van der Waals surface area contributed by atoms with Crippen molar-refractivity contribution in [2.75, 3.05) is 39.6 Å². The van der Waals surface area contributed by atoms with Crippen LogP contribution in [0.1, 0.15) is 141 Å². The lowest BCUT2D eigenvalue weighted by Crippen LogP contribution is -2.31. The molecule has 4 aliphatic carbocycles. The second-order valence-corrected chi connectivity index (χ2v) is 22.2. The molecule has 0 saturated heterocycles. The highest BCUT2D eigenvalue weighted by atomic mass is 32.2. The molecule has 17 heteroatoms. The number of unbranched alkanes of at least 4 members (excludes halogenated alkanes) is 4. The number of benzene rings is 1. The number of hydrogen-bond acceptors (Lipinski definition) is 16. The first kappa shape index (κ1) is 58.4. The summed E-state index contributed by atoms with van der Waals surface area (Å²) in [6.45, 7) is 19.8. The van der Waals surface area contributed by atoms with Gasteiger partial charge >= 0.3 is 35.8 Å². The zero-order valence-corrected chi connectivity index (χ0v) is 44.5. The van der Waals surface area contributed by atoms with Gasteiger partial charge in [-0.05, 0) is 177 Å². The van der Waals surface area contributed by atoms with Crippen molar-refractivity contribution in [1.29, 1.82) is 0 Å². The topological polar surface area (TPSA) is 181 Å². The molecule has 0 amide bonds. The fourth-order valence-electron chi connectivity index (χ4n) is 11.0. The molecule has 0 spiro atoms. The molecule has 1 aromatic rings. The van der Waals surface area contributed by atoms with Crippen LogP contribution in [0.25, 0.3) is 4.85 Å².